The number of rotatable bonds is 4. The van der Waals surface area contributed by atoms with E-state index in [4.69, 9.17) is 0 Å². The molecule has 0 unspecified atom stereocenters. The van der Waals surface area contributed by atoms with Crippen molar-refractivity contribution in [3.8, 4) is 0 Å². The van der Waals surface area contributed by atoms with E-state index in [1.165, 1.54) is 40.5 Å². The number of hydrogen-bond acceptors (Lipinski definition) is 1. The largest absolute Gasteiger partial charge is 0.345 e. The Morgan fingerprint density at radius 1 is 1.09 bits per heavy atom. The summed E-state index contributed by atoms with van der Waals surface area (Å²) in [7, 11) is 0. The van der Waals surface area contributed by atoms with E-state index in [0.29, 0.717) is 6.54 Å². The van der Waals surface area contributed by atoms with E-state index < -0.39 is 0 Å². The minimum atomic E-state index is 0.0568. The molecule has 0 aliphatic carbocycles. The van der Waals surface area contributed by atoms with Crippen LogP contribution in [0.15, 0.2) is 42.5 Å². The molecule has 1 amide bonds. The van der Waals surface area contributed by atoms with Crippen LogP contribution in [0.5, 0.6) is 0 Å². The van der Waals surface area contributed by atoms with E-state index in [1.54, 1.807) is 0 Å². The van der Waals surface area contributed by atoms with Crippen molar-refractivity contribution >= 4 is 16.7 Å². The molecular formula is C19H25N2O+. The van der Waals surface area contributed by atoms with Gasteiger partial charge in [0.15, 0.2) is 6.54 Å². The molecule has 0 spiro atoms. The molecule has 2 aromatic rings. The van der Waals surface area contributed by atoms with E-state index in [-0.39, 0.29) is 11.9 Å². The highest BCUT2D eigenvalue weighted by Crippen LogP contribution is 2.20. The summed E-state index contributed by atoms with van der Waals surface area (Å²) in [6.07, 6.45) is 3.82. The van der Waals surface area contributed by atoms with Gasteiger partial charge < -0.3 is 10.2 Å². The molecule has 1 aliphatic heterocycles. The molecule has 1 saturated heterocycles. The first-order chi connectivity index (χ1) is 10.7. The lowest BCUT2D eigenvalue weighted by molar-refractivity contribution is -0.896. The minimum Gasteiger partial charge on any atom is -0.345 e. The number of benzene rings is 2. The maximum atomic E-state index is 12.2. The smallest absolute Gasteiger partial charge is 0.275 e. The third-order valence-corrected chi connectivity index (χ3v) is 4.62. The Morgan fingerprint density at radius 3 is 2.59 bits per heavy atom. The number of amides is 1. The van der Waals surface area contributed by atoms with Crippen molar-refractivity contribution < 1.29 is 9.69 Å². The Morgan fingerprint density at radius 2 is 1.82 bits per heavy atom. The van der Waals surface area contributed by atoms with Gasteiger partial charge in [0.05, 0.1) is 19.1 Å². The molecule has 3 heteroatoms. The zero-order valence-electron chi connectivity index (χ0n) is 13.3. The standard InChI is InChI=1S/C19H24N2O/c1-15(20-19(22)14-21-11-5-2-6-12-21)17-10-9-16-7-3-4-8-18(16)13-17/h3-4,7-10,13,15H,2,5-6,11-12,14H2,1H3,(H,20,22)/p+1/t15-/m1/s1. The van der Waals surface area contributed by atoms with Crippen LogP contribution in [0, 0.1) is 0 Å². The lowest BCUT2D eigenvalue weighted by atomic mass is 10.0. The predicted molar refractivity (Wildman–Crippen MR) is 89.9 cm³/mol. The molecule has 0 saturated carbocycles. The van der Waals surface area contributed by atoms with Crippen molar-refractivity contribution in [1.82, 2.24) is 5.32 Å². The SMILES string of the molecule is C[C@@H](NC(=O)C[NH+]1CCCCC1)c1ccc2ccccc2c1. The minimum absolute atomic E-state index is 0.0568. The number of nitrogens with one attached hydrogen (secondary N) is 2. The van der Waals surface area contributed by atoms with Crippen molar-refractivity contribution in [3.63, 3.8) is 0 Å². The first kappa shape index (κ1) is 15.0. The number of piperidine rings is 1. The lowest BCUT2D eigenvalue weighted by Gasteiger charge is -2.24. The third-order valence-electron chi connectivity index (χ3n) is 4.62. The molecule has 2 N–H and O–H groups in total. The third kappa shape index (κ3) is 3.66. The number of hydrogen-bond donors (Lipinski definition) is 2. The molecule has 3 rings (SSSR count). The van der Waals surface area contributed by atoms with Gasteiger partial charge in [0.2, 0.25) is 0 Å². The quantitative estimate of drug-likeness (QED) is 0.890. The maximum Gasteiger partial charge on any atom is 0.275 e. The lowest BCUT2D eigenvalue weighted by Crippen LogP contribution is -3.13. The number of quaternary nitrogens is 1. The summed E-state index contributed by atoms with van der Waals surface area (Å²) < 4.78 is 0. The summed E-state index contributed by atoms with van der Waals surface area (Å²) in [6.45, 7) is 4.95. The van der Waals surface area contributed by atoms with Gasteiger partial charge in [-0.2, -0.15) is 0 Å². The summed E-state index contributed by atoms with van der Waals surface area (Å²) in [6, 6.07) is 14.8. The van der Waals surface area contributed by atoms with Gasteiger partial charge in [-0.1, -0.05) is 36.4 Å². The van der Waals surface area contributed by atoms with E-state index in [9.17, 15) is 4.79 Å². The second-order valence-electron chi connectivity index (χ2n) is 6.38. The van der Waals surface area contributed by atoms with Gasteiger partial charge in [-0.25, -0.2) is 0 Å². The summed E-state index contributed by atoms with van der Waals surface area (Å²) in [4.78, 5) is 13.7. The second-order valence-corrected chi connectivity index (χ2v) is 6.38. The normalized spacial score (nSPS) is 17.3. The van der Waals surface area contributed by atoms with Gasteiger partial charge in [0.1, 0.15) is 0 Å². The van der Waals surface area contributed by atoms with Crippen LogP contribution in [0.2, 0.25) is 0 Å². The van der Waals surface area contributed by atoms with Gasteiger partial charge in [-0.3, -0.25) is 4.79 Å². The van der Waals surface area contributed by atoms with Crippen LogP contribution in [0.3, 0.4) is 0 Å². The zero-order valence-corrected chi connectivity index (χ0v) is 13.3. The van der Waals surface area contributed by atoms with Crippen molar-refractivity contribution in [2.24, 2.45) is 0 Å². The first-order valence-corrected chi connectivity index (χ1v) is 8.34. The van der Waals surface area contributed by atoms with Crippen molar-refractivity contribution in [3.05, 3.63) is 48.0 Å². The van der Waals surface area contributed by atoms with Crippen molar-refractivity contribution in [2.45, 2.75) is 32.2 Å². The fraction of sp³-hybridized carbons (Fsp3) is 0.421. The van der Waals surface area contributed by atoms with Gasteiger partial charge in [0.25, 0.3) is 5.91 Å². The van der Waals surface area contributed by atoms with Gasteiger partial charge in [-0.15, -0.1) is 0 Å². The molecule has 1 fully saturated rings. The van der Waals surface area contributed by atoms with Gasteiger partial charge >= 0.3 is 0 Å². The molecule has 3 nitrogen and oxygen atoms in total. The number of fused-ring (bicyclic) bond motifs is 1. The topological polar surface area (TPSA) is 33.5 Å². The van der Waals surface area contributed by atoms with Crippen LogP contribution in [0.4, 0.5) is 0 Å². The molecule has 1 aliphatic rings. The van der Waals surface area contributed by atoms with E-state index >= 15 is 0 Å². The fourth-order valence-corrected chi connectivity index (χ4v) is 3.31. The number of carbonyl (C=O) groups is 1. The molecule has 0 bridgehead atoms. The Kier molecular flexibility index (Phi) is 4.74. The molecule has 1 atom stereocenters. The highest BCUT2D eigenvalue weighted by atomic mass is 16.2. The number of carbonyl (C=O) groups excluding carboxylic acids is 1. The second kappa shape index (κ2) is 6.93. The molecular weight excluding hydrogens is 272 g/mol. The number of likely N-dealkylation sites (tertiary alicyclic amines) is 1. The van der Waals surface area contributed by atoms with Crippen molar-refractivity contribution in [1.29, 1.82) is 0 Å². The Hall–Kier alpha value is -1.87. The van der Waals surface area contributed by atoms with Crippen LogP contribution >= 0.6 is 0 Å². The highest BCUT2D eigenvalue weighted by Gasteiger charge is 2.18. The van der Waals surface area contributed by atoms with E-state index in [2.05, 4.69) is 54.7 Å². The van der Waals surface area contributed by atoms with Crippen LogP contribution in [0.25, 0.3) is 10.8 Å². The highest BCUT2D eigenvalue weighted by molar-refractivity contribution is 5.83. The summed E-state index contributed by atoms with van der Waals surface area (Å²) >= 11 is 0. The van der Waals surface area contributed by atoms with Gasteiger partial charge in [0, 0.05) is 0 Å². The monoisotopic (exact) mass is 297 g/mol. The van der Waals surface area contributed by atoms with Crippen molar-refractivity contribution in [2.75, 3.05) is 19.6 Å². The molecule has 116 valence electrons. The Labute approximate surface area is 132 Å². The van der Waals surface area contributed by atoms with E-state index in [0.717, 1.165) is 13.1 Å². The summed E-state index contributed by atoms with van der Waals surface area (Å²) in [5, 5.41) is 5.61. The first-order valence-electron chi connectivity index (χ1n) is 8.34. The average Bonchev–Trinajstić information content (AvgIpc) is 2.55. The van der Waals surface area contributed by atoms with Crippen LogP contribution in [-0.2, 0) is 4.79 Å². The molecule has 22 heavy (non-hydrogen) atoms. The molecule has 1 heterocycles. The van der Waals surface area contributed by atoms with Crippen LogP contribution in [-0.4, -0.2) is 25.5 Å². The Balaban J connectivity index is 1.62. The van der Waals surface area contributed by atoms with E-state index in [1.807, 2.05) is 0 Å². The zero-order chi connectivity index (χ0) is 15.4. The predicted octanol–water partition coefficient (Wildman–Crippen LogP) is 2.09. The molecule has 0 radical (unpaired) electrons. The summed E-state index contributed by atoms with van der Waals surface area (Å²) in [5.41, 5.74) is 1.17. The van der Waals surface area contributed by atoms with Crippen LogP contribution < -0.4 is 10.2 Å². The summed E-state index contributed by atoms with van der Waals surface area (Å²) in [5.74, 6) is 0.164. The average molecular weight is 297 g/mol. The molecule has 2 aromatic carbocycles. The fourth-order valence-electron chi connectivity index (χ4n) is 3.31. The maximum absolute atomic E-state index is 12.2. The van der Waals surface area contributed by atoms with Crippen LogP contribution in [0.1, 0.15) is 37.8 Å². The van der Waals surface area contributed by atoms with Gasteiger partial charge in [-0.05, 0) is 48.6 Å². The molecule has 0 aromatic heterocycles. The Bertz CT molecular complexity index is 647.